The van der Waals surface area contributed by atoms with Gasteiger partial charge in [0.15, 0.2) is 0 Å². The first kappa shape index (κ1) is 34.2. The van der Waals surface area contributed by atoms with Gasteiger partial charge >= 0.3 is 17.1 Å². The number of nitrogens with zero attached hydrogens (tertiary/aromatic N) is 5. The summed E-state index contributed by atoms with van der Waals surface area (Å²) in [6.45, 7) is 0.512. The van der Waals surface area contributed by atoms with Crippen molar-refractivity contribution in [3.63, 3.8) is 0 Å². The standard InChI is InChI=1S/C13H15N5O7S.C9H7FN4O6S/c1-26(24,25)15-17-12(20)8-4-10(16-3-2-7(19)6-16)11(18(22)23)5-9(8)14-13(17)21;1-21(19,20)12-13-8(15)4-2-5(10)7(14(17)18)3-6(4)11-9(13)16/h4-5,7,15,19H,2-3,6H2,1H3,(H,14,21);2-3,12H,1H3,(H,11,16)/t7-;/m1./s1. The smallest absolute Gasteiger partial charge is 0.348 e. The monoisotopic (exact) mass is 703 g/mol. The number of nitro benzene ring substituents is 2. The highest BCUT2D eigenvalue weighted by Crippen LogP contribution is 2.33. The van der Waals surface area contributed by atoms with Gasteiger partial charge in [0.2, 0.25) is 25.9 Å². The summed E-state index contributed by atoms with van der Waals surface area (Å²) in [6.07, 6.45) is 1.25. The normalized spacial score (nSPS) is 14.9. The number of halogens is 1. The van der Waals surface area contributed by atoms with Crippen molar-refractivity contribution in [3.05, 3.63) is 92.0 Å². The molecule has 2 aromatic heterocycles. The lowest BCUT2D eigenvalue weighted by Gasteiger charge is -2.18. The second-order valence-electron chi connectivity index (χ2n) is 10.0. The fourth-order valence-electron chi connectivity index (χ4n) is 4.46. The highest BCUT2D eigenvalue weighted by molar-refractivity contribution is 7.91. The Kier molecular flexibility index (Phi) is 8.91. The predicted octanol–water partition coefficient (Wildman–Crippen LogP) is -2.09. The van der Waals surface area contributed by atoms with Crippen LogP contribution in [0.4, 0.5) is 21.5 Å². The van der Waals surface area contributed by atoms with E-state index in [0.29, 0.717) is 31.4 Å². The number of H-pyrrole nitrogens is 2. The Morgan fingerprint density at radius 1 is 0.830 bits per heavy atom. The third-order valence-electron chi connectivity index (χ3n) is 6.37. The van der Waals surface area contributed by atoms with Crippen LogP contribution in [0.25, 0.3) is 21.8 Å². The molecule has 1 saturated heterocycles. The first-order valence-corrected chi connectivity index (χ1v) is 16.4. The SMILES string of the molecule is CS(=O)(=O)Nn1c(=O)[nH]c2cc([N+](=O)[O-])c(F)cc2c1=O.CS(=O)(=O)Nn1c(=O)[nH]c2cc([N+](=O)[O-])c(N3CC[C@@H](O)C3)cc2c1=O. The van der Waals surface area contributed by atoms with E-state index >= 15 is 0 Å². The van der Waals surface area contributed by atoms with E-state index < -0.39 is 75.4 Å². The summed E-state index contributed by atoms with van der Waals surface area (Å²) in [7, 11) is -7.84. The topological polar surface area (TPSA) is 312 Å². The number of aliphatic hydroxyl groups is 1. The van der Waals surface area contributed by atoms with Gasteiger partial charge in [-0.15, -0.1) is 0 Å². The second-order valence-corrected chi connectivity index (χ2v) is 13.5. The number of rotatable bonds is 7. The Bertz CT molecular complexity index is 2440. The Morgan fingerprint density at radius 2 is 1.28 bits per heavy atom. The first-order chi connectivity index (χ1) is 21.7. The van der Waals surface area contributed by atoms with E-state index in [9.17, 15) is 65.7 Å². The molecule has 0 amide bonds. The summed E-state index contributed by atoms with van der Waals surface area (Å²) in [5.74, 6) is -1.29. The zero-order valence-corrected chi connectivity index (χ0v) is 25.4. The maximum atomic E-state index is 13.5. The van der Waals surface area contributed by atoms with E-state index in [1.807, 2.05) is 0 Å². The van der Waals surface area contributed by atoms with Crippen molar-refractivity contribution in [1.82, 2.24) is 19.3 Å². The summed E-state index contributed by atoms with van der Waals surface area (Å²) in [4.78, 5) is 77.6. The van der Waals surface area contributed by atoms with Crippen LogP contribution in [0.5, 0.6) is 0 Å². The van der Waals surface area contributed by atoms with Gasteiger partial charge in [-0.25, -0.2) is 36.1 Å². The lowest BCUT2D eigenvalue weighted by atomic mass is 10.1. The van der Waals surface area contributed by atoms with Gasteiger partial charge in [-0.3, -0.25) is 29.8 Å². The van der Waals surface area contributed by atoms with E-state index in [0.717, 1.165) is 12.3 Å². The minimum absolute atomic E-state index is 0.0956. The number of nitro groups is 2. The van der Waals surface area contributed by atoms with Crippen molar-refractivity contribution in [3.8, 4) is 0 Å². The van der Waals surface area contributed by atoms with Crippen LogP contribution in [-0.2, 0) is 20.0 Å². The quantitative estimate of drug-likeness (QED) is 0.102. The lowest BCUT2D eigenvalue weighted by molar-refractivity contribution is -0.387. The highest BCUT2D eigenvalue weighted by Gasteiger charge is 2.28. The molecule has 0 spiro atoms. The lowest BCUT2D eigenvalue weighted by Crippen LogP contribution is -2.43. The van der Waals surface area contributed by atoms with Crippen LogP contribution >= 0.6 is 0 Å². The Morgan fingerprint density at radius 3 is 1.68 bits per heavy atom. The number of nitrogens with one attached hydrogen (secondary N) is 4. The van der Waals surface area contributed by atoms with E-state index in [1.54, 1.807) is 14.6 Å². The molecule has 0 unspecified atom stereocenters. The summed E-state index contributed by atoms with van der Waals surface area (Å²) >= 11 is 0. The first-order valence-electron chi connectivity index (χ1n) is 12.7. The molecule has 22 nitrogen and oxygen atoms in total. The van der Waals surface area contributed by atoms with Crippen molar-refractivity contribution in [1.29, 1.82) is 0 Å². The summed E-state index contributed by atoms with van der Waals surface area (Å²) in [5.41, 5.74) is -5.91. The molecule has 1 aliphatic rings. The molecule has 25 heteroatoms. The third kappa shape index (κ3) is 7.42. The van der Waals surface area contributed by atoms with Crippen molar-refractivity contribution >= 4 is 58.9 Å². The molecule has 252 valence electrons. The van der Waals surface area contributed by atoms with Gasteiger partial charge in [0.05, 0.1) is 50.3 Å². The minimum Gasteiger partial charge on any atom is -0.391 e. The molecule has 1 aliphatic heterocycles. The van der Waals surface area contributed by atoms with Crippen LogP contribution in [0.1, 0.15) is 6.42 Å². The van der Waals surface area contributed by atoms with E-state index in [2.05, 4.69) is 9.97 Å². The van der Waals surface area contributed by atoms with Crippen molar-refractivity contribution in [2.75, 3.05) is 40.2 Å². The maximum Gasteiger partial charge on any atom is 0.348 e. The number of hydrogen-bond acceptors (Lipinski definition) is 14. The zero-order valence-electron chi connectivity index (χ0n) is 23.8. The number of aromatic amines is 2. The number of benzene rings is 2. The van der Waals surface area contributed by atoms with Crippen LogP contribution in [0.15, 0.2) is 43.4 Å². The molecule has 0 bridgehead atoms. The van der Waals surface area contributed by atoms with Gasteiger partial charge < -0.3 is 20.0 Å². The predicted molar refractivity (Wildman–Crippen MR) is 162 cm³/mol. The molecule has 0 radical (unpaired) electrons. The Labute approximate surface area is 259 Å². The molecule has 1 fully saturated rings. The fraction of sp³-hybridized carbons (Fsp3) is 0.273. The summed E-state index contributed by atoms with van der Waals surface area (Å²) < 4.78 is 58.7. The molecule has 3 heterocycles. The van der Waals surface area contributed by atoms with E-state index in [-0.39, 0.29) is 43.7 Å². The average Bonchev–Trinajstić information content (AvgIpc) is 3.38. The summed E-state index contributed by atoms with van der Waals surface area (Å²) in [6, 6.07) is 3.48. The number of fused-ring (bicyclic) bond motifs is 2. The third-order valence-corrected chi connectivity index (χ3v) is 7.40. The molecule has 47 heavy (non-hydrogen) atoms. The molecule has 0 aliphatic carbocycles. The van der Waals surface area contributed by atoms with Crippen molar-refractivity contribution in [2.24, 2.45) is 0 Å². The highest BCUT2D eigenvalue weighted by atomic mass is 32.2. The van der Waals surface area contributed by atoms with E-state index in [4.69, 9.17) is 0 Å². The molecular formula is C22H22FN9O13S2. The zero-order chi connectivity index (χ0) is 35.2. The Balaban J connectivity index is 0.000000218. The Hall–Kier alpha value is -5.69. The van der Waals surface area contributed by atoms with E-state index in [1.165, 1.54) is 6.07 Å². The number of sulfonamides is 2. The average molecular weight is 704 g/mol. The molecule has 0 saturated carbocycles. The fourth-order valence-corrected chi connectivity index (χ4v) is 5.46. The van der Waals surface area contributed by atoms with Gasteiger partial charge in [0.25, 0.3) is 16.8 Å². The number of β-amino-alcohol motifs (C(OH)–C–C–N with tert-alkyl or cyclic N) is 1. The van der Waals surface area contributed by atoms with Gasteiger partial charge in [-0.1, -0.05) is 0 Å². The molecule has 1 atom stereocenters. The van der Waals surface area contributed by atoms with Crippen LogP contribution < -0.4 is 37.1 Å². The number of aliphatic hydroxyl groups excluding tert-OH is 1. The van der Waals surface area contributed by atoms with Crippen LogP contribution in [-0.4, -0.2) is 82.8 Å². The van der Waals surface area contributed by atoms with Crippen LogP contribution in [0, 0.1) is 26.0 Å². The molecular weight excluding hydrogens is 681 g/mol. The molecule has 5 rings (SSSR count). The van der Waals surface area contributed by atoms with Crippen LogP contribution in [0.3, 0.4) is 0 Å². The largest absolute Gasteiger partial charge is 0.391 e. The maximum absolute atomic E-state index is 13.5. The molecule has 2 aromatic carbocycles. The van der Waals surface area contributed by atoms with Gasteiger partial charge in [-0.2, -0.15) is 13.7 Å². The van der Waals surface area contributed by atoms with Gasteiger partial charge in [0.1, 0.15) is 5.69 Å². The second kappa shape index (κ2) is 12.2. The van der Waals surface area contributed by atoms with Crippen molar-refractivity contribution < 1.29 is 36.2 Å². The molecule has 4 aromatic rings. The van der Waals surface area contributed by atoms with Gasteiger partial charge in [-0.05, 0) is 18.6 Å². The number of aromatic nitrogens is 4. The number of anilines is 1. The number of hydrogen-bond donors (Lipinski definition) is 5. The summed E-state index contributed by atoms with van der Waals surface area (Å²) in [5, 5.41) is 31.1. The van der Waals surface area contributed by atoms with Crippen LogP contribution in [0.2, 0.25) is 0 Å². The van der Waals surface area contributed by atoms with Gasteiger partial charge in [0, 0.05) is 25.2 Å². The minimum atomic E-state index is -3.93. The van der Waals surface area contributed by atoms with Crippen molar-refractivity contribution in [2.45, 2.75) is 12.5 Å². The molecule has 5 N–H and O–H groups in total.